The van der Waals surface area contributed by atoms with E-state index in [9.17, 15) is 19.2 Å². The highest BCUT2D eigenvalue weighted by molar-refractivity contribution is 5.87. The van der Waals surface area contributed by atoms with E-state index in [2.05, 4.69) is 119 Å². The van der Waals surface area contributed by atoms with Crippen LogP contribution < -0.4 is 15.5 Å². The quantitative estimate of drug-likeness (QED) is 0.0784. The van der Waals surface area contributed by atoms with Gasteiger partial charge in [0.25, 0.3) is 0 Å². The number of anilines is 1. The lowest BCUT2D eigenvalue weighted by Gasteiger charge is -2.34. The Hall–Kier alpha value is -6.72. The first kappa shape index (κ1) is 50.7. The van der Waals surface area contributed by atoms with Crippen molar-refractivity contribution in [2.75, 3.05) is 46.4 Å². The van der Waals surface area contributed by atoms with Crippen LogP contribution in [-0.2, 0) is 34.0 Å². The molecule has 4 N–H and O–H groups in total. The second-order valence-electron chi connectivity index (χ2n) is 19.9. The zero-order chi connectivity index (χ0) is 50.6. The van der Waals surface area contributed by atoms with Crippen LogP contribution in [0.15, 0.2) is 85.2 Å². The Balaban J connectivity index is 1.00. The maximum absolute atomic E-state index is 13.8. The van der Waals surface area contributed by atoms with Gasteiger partial charge in [0, 0.05) is 56.5 Å². The highest BCUT2D eigenvalue weighted by atomic mass is 16.5. The molecule has 378 valence electrons. The van der Waals surface area contributed by atoms with Gasteiger partial charge in [0.1, 0.15) is 23.7 Å². The van der Waals surface area contributed by atoms with Gasteiger partial charge in [0.05, 0.1) is 62.0 Å². The van der Waals surface area contributed by atoms with Crippen molar-refractivity contribution in [1.29, 1.82) is 0 Å². The summed E-state index contributed by atoms with van der Waals surface area (Å²) in [5.74, 6) is 0.910. The minimum Gasteiger partial charge on any atom is -0.453 e. The first-order valence-corrected chi connectivity index (χ1v) is 24.7. The van der Waals surface area contributed by atoms with Crippen LogP contribution in [0.2, 0.25) is 0 Å². The summed E-state index contributed by atoms with van der Waals surface area (Å²) in [5, 5.41) is 5.31. The molecule has 3 fully saturated rings. The molecule has 8 atom stereocenters. The Morgan fingerprint density at radius 1 is 0.592 bits per heavy atom. The second-order valence-corrected chi connectivity index (χ2v) is 19.9. The van der Waals surface area contributed by atoms with Crippen molar-refractivity contribution in [3.63, 3.8) is 0 Å². The number of hydrogen-bond donors (Lipinski definition) is 4. The number of nitrogens with zero attached hydrogens (tertiary/aromatic N) is 5. The molecular formula is C54H69N9O8. The van der Waals surface area contributed by atoms with Gasteiger partial charge in [0.15, 0.2) is 0 Å². The molecule has 0 spiro atoms. The van der Waals surface area contributed by atoms with Crippen LogP contribution >= 0.6 is 0 Å². The van der Waals surface area contributed by atoms with Gasteiger partial charge in [-0.2, -0.15) is 0 Å². The van der Waals surface area contributed by atoms with E-state index in [-0.39, 0.29) is 41.4 Å². The van der Waals surface area contributed by atoms with Gasteiger partial charge in [-0.15, -0.1) is 0 Å². The number of likely N-dealkylation sites (tertiary alicyclic amines) is 2. The maximum Gasteiger partial charge on any atom is 0.407 e. The molecule has 0 bridgehead atoms. The molecule has 3 aliphatic heterocycles. The molecule has 0 saturated carbocycles. The lowest BCUT2D eigenvalue weighted by atomic mass is 9.87. The van der Waals surface area contributed by atoms with Crippen molar-refractivity contribution in [3.8, 4) is 22.5 Å². The number of H-pyrrole nitrogens is 2. The molecule has 0 aliphatic carbocycles. The van der Waals surface area contributed by atoms with Crippen molar-refractivity contribution >= 4 is 29.7 Å². The number of methoxy groups -OCH3 is 4. The van der Waals surface area contributed by atoms with E-state index in [1.807, 2.05) is 12.4 Å². The van der Waals surface area contributed by atoms with Gasteiger partial charge in [-0.25, -0.2) is 19.6 Å². The second kappa shape index (κ2) is 21.7. The Kier molecular flexibility index (Phi) is 15.5. The fourth-order valence-corrected chi connectivity index (χ4v) is 10.4. The Morgan fingerprint density at radius 3 is 1.37 bits per heavy atom. The molecule has 71 heavy (non-hydrogen) atoms. The number of nitrogens with one attached hydrogen (secondary N) is 4. The molecule has 0 radical (unpaired) electrons. The van der Waals surface area contributed by atoms with Crippen molar-refractivity contribution in [3.05, 3.63) is 114 Å². The molecular weight excluding hydrogens is 903 g/mol. The first-order valence-electron chi connectivity index (χ1n) is 24.7. The summed E-state index contributed by atoms with van der Waals surface area (Å²) in [5.41, 5.74) is 8.37. The van der Waals surface area contributed by atoms with Crippen LogP contribution in [0.4, 0.5) is 15.3 Å². The predicted octanol–water partition coefficient (Wildman–Crippen LogP) is 8.69. The number of ether oxygens (including phenoxy) is 4. The molecule has 5 aromatic rings. The summed E-state index contributed by atoms with van der Waals surface area (Å²) >= 11 is 0. The van der Waals surface area contributed by atoms with E-state index < -0.39 is 36.5 Å². The largest absolute Gasteiger partial charge is 0.453 e. The lowest BCUT2D eigenvalue weighted by Crippen LogP contribution is -2.54. The molecule has 17 heteroatoms. The van der Waals surface area contributed by atoms with Crippen molar-refractivity contribution < 1.29 is 38.1 Å². The molecule has 3 aliphatic rings. The fourth-order valence-electron chi connectivity index (χ4n) is 10.4. The van der Waals surface area contributed by atoms with E-state index in [1.165, 1.54) is 45.1 Å². The number of amides is 4. The number of carbonyl (C=O) groups excluding carboxylic acids is 4. The lowest BCUT2D eigenvalue weighted by molar-refractivity contribution is -0.138. The number of hydrogen-bond acceptors (Lipinski definition) is 11. The van der Waals surface area contributed by atoms with Gasteiger partial charge in [0.2, 0.25) is 11.8 Å². The van der Waals surface area contributed by atoms with Crippen LogP contribution in [-0.4, -0.2) is 120 Å². The number of aromatic nitrogens is 4. The highest BCUT2D eigenvalue weighted by Gasteiger charge is 2.41. The van der Waals surface area contributed by atoms with Crippen molar-refractivity contribution in [2.45, 2.75) is 127 Å². The monoisotopic (exact) mass is 972 g/mol. The first-order chi connectivity index (χ1) is 34.1. The SMILES string of the molecule is COC(=O)N[C@H](C(=O)N1CCC[C@H]1c1nc(-c2ccc([C@@H]3CC[C@@H](c4ccc(-c5c[nH]c([C@@H]6CCCN6C(=O)[C@H](NC(=O)OC)[C@H](C)OC)n5)cc4)N3c3ccc(C(C)(C)C)cc3)cc2)c[nH]1)[C@H](C)OC. The Labute approximate surface area is 416 Å². The van der Waals surface area contributed by atoms with Crippen molar-refractivity contribution in [1.82, 2.24) is 40.4 Å². The maximum atomic E-state index is 13.8. The Morgan fingerprint density at radius 2 is 1.00 bits per heavy atom. The minimum atomic E-state index is -0.906. The van der Waals surface area contributed by atoms with E-state index in [0.29, 0.717) is 24.7 Å². The number of benzene rings is 3. The van der Waals surface area contributed by atoms with Gasteiger partial charge in [-0.05, 0) is 86.6 Å². The van der Waals surface area contributed by atoms with E-state index in [4.69, 9.17) is 28.9 Å². The average Bonchev–Trinajstić information content (AvgIpc) is 4.26. The van der Waals surface area contributed by atoms with Gasteiger partial charge < -0.3 is 54.2 Å². The molecule has 17 nitrogen and oxygen atoms in total. The number of rotatable bonds is 15. The van der Waals surface area contributed by atoms with Gasteiger partial charge in [-0.1, -0.05) is 81.4 Å². The molecule has 3 aromatic carbocycles. The highest BCUT2D eigenvalue weighted by Crippen LogP contribution is 2.48. The normalized spacial score (nSPS) is 20.9. The number of carbonyl (C=O) groups is 4. The molecule has 2 aromatic heterocycles. The summed E-state index contributed by atoms with van der Waals surface area (Å²) in [6.07, 6.45) is 6.28. The average molecular weight is 972 g/mol. The summed E-state index contributed by atoms with van der Waals surface area (Å²) in [6.45, 7) is 11.3. The third-order valence-electron chi connectivity index (χ3n) is 14.6. The minimum absolute atomic E-state index is 0.0167. The van der Waals surface area contributed by atoms with Crippen LogP contribution in [0.25, 0.3) is 22.5 Å². The molecule has 5 heterocycles. The molecule has 4 amide bonds. The molecule has 8 rings (SSSR count). The smallest absolute Gasteiger partial charge is 0.407 e. The molecule has 3 saturated heterocycles. The standard InChI is InChI=1S/C54H69N9O8/c1-32(68-6)46(59-52(66)70-8)50(64)61-28-10-12-44(61)48-55-30-40(57-48)34-14-18-36(19-15-34)42-26-27-43(63(42)39-24-22-38(23-25-39)54(3,4)5)37-20-16-35(17-21-37)41-31-56-49(58-41)45-13-11-29-62(45)51(65)47(33(2)69-7)60-53(67)71-9/h14-25,30-33,42-47H,10-13,26-29H2,1-9H3,(H,55,57)(H,56,58)(H,59,66)(H,60,67)/t32-,33-,42-,43-,44-,45-,46-,47+/m0/s1. The zero-order valence-electron chi connectivity index (χ0n) is 42.4. The summed E-state index contributed by atoms with van der Waals surface area (Å²) < 4.78 is 20.5. The van der Waals surface area contributed by atoms with Gasteiger partial charge >= 0.3 is 12.2 Å². The van der Waals surface area contributed by atoms with E-state index in [0.717, 1.165) is 66.7 Å². The zero-order valence-corrected chi connectivity index (χ0v) is 42.4. The number of imidazole rings is 2. The van der Waals surface area contributed by atoms with Crippen LogP contribution in [0.1, 0.15) is 126 Å². The molecule has 0 unspecified atom stereocenters. The topological polar surface area (TPSA) is 196 Å². The predicted molar refractivity (Wildman–Crippen MR) is 269 cm³/mol. The van der Waals surface area contributed by atoms with Crippen molar-refractivity contribution in [2.24, 2.45) is 0 Å². The van der Waals surface area contributed by atoms with Crippen LogP contribution in [0, 0.1) is 0 Å². The van der Waals surface area contributed by atoms with Crippen LogP contribution in [0.5, 0.6) is 0 Å². The Bertz CT molecular complexity index is 2470. The summed E-state index contributed by atoms with van der Waals surface area (Å²) in [7, 11) is 5.56. The number of aromatic amines is 2. The third kappa shape index (κ3) is 10.8. The number of alkyl carbamates (subject to hydrolysis) is 2. The van der Waals surface area contributed by atoms with E-state index in [1.54, 1.807) is 23.6 Å². The van der Waals surface area contributed by atoms with Gasteiger partial charge in [-0.3, -0.25) is 9.59 Å². The summed E-state index contributed by atoms with van der Waals surface area (Å²) in [4.78, 5) is 74.8. The third-order valence-corrected chi connectivity index (χ3v) is 14.6. The van der Waals surface area contributed by atoms with Crippen LogP contribution in [0.3, 0.4) is 0 Å². The summed E-state index contributed by atoms with van der Waals surface area (Å²) in [6, 6.07) is 24.2. The van der Waals surface area contributed by atoms with E-state index >= 15 is 0 Å². The fraction of sp³-hybridized carbons (Fsp3) is 0.481.